The standard InChI is InChI=1S/C19H20N2O6/c1-13(27-18(22)11-8-14-6-4-3-5-7-14)19(23)20-16-10-9-15(21(24)25)12-17(16)26-2/h3-7,9-10,12-13H,8,11H2,1-2H3,(H,20,23)/t13-/m1/s1. The first-order valence-electron chi connectivity index (χ1n) is 8.27. The van der Waals surface area contributed by atoms with Crippen molar-refractivity contribution in [2.75, 3.05) is 12.4 Å². The highest BCUT2D eigenvalue weighted by Crippen LogP contribution is 2.29. The van der Waals surface area contributed by atoms with Gasteiger partial charge in [-0.15, -0.1) is 0 Å². The highest BCUT2D eigenvalue weighted by atomic mass is 16.6. The third kappa shape index (κ3) is 5.81. The lowest BCUT2D eigenvalue weighted by molar-refractivity contribution is -0.384. The molecule has 0 spiro atoms. The number of anilines is 1. The number of nitro benzene ring substituents is 1. The van der Waals surface area contributed by atoms with E-state index < -0.39 is 22.9 Å². The summed E-state index contributed by atoms with van der Waals surface area (Å²) in [6, 6.07) is 13.3. The predicted octanol–water partition coefficient (Wildman–Crippen LogP) is 3.11. The van der Waals surface area contributed by atoms with E-state index in [0.717, 1.165) is 5.56 Å². The Morgan fingerprint density at radius 1 is 1.19 bits per heavy atom. The first-order chi connectivity index (χ1) is 12.9. The van der Waals surface area contributed by atoms with Crippen molar-refractivity contribution in [2.45, 2.75) is 25.9 Å². The number of amides is 1. The molecule has 0 aliphatic heterocycles. The van der Waals surface area contributed by atoms with Crippen LogP contribution in [0, 0.1) is 10.1 Å². The minimum atomic E-state index is -1.02. The largest absolute Gasteiger partial charge is 0.494 e. The van der Waals surface area contributed by atoms with Crippen molar-refractivity contribution in [3.8, 4) is 5.75 Å². The number of carbonyl (C=O) groups is 2. The van der Waals surface area contributed by atoms with Gasteiger partial charge in [0.1, 0.15) is 5.75 Å². The van der Waals surface area contributed by atoms with E-state index in [1.807, 2.05) is 30.3 Å². The number of methoxy groups -OCH3 is 1. The zero-order valence-corrected chi connectivity index (χ0v) is 15.0. The van der Waals surface area contributed by atoms with E-state index in [1.54, 1.807) is 0 Å². The Morgan fingerprint density at radius 2 is 1.89 bits per heavy atom. The Hall–Kier alpha value is -3.42. The number of non-ortho nitro benzene ring substituents is 1. The van der Waals surface area contributed by atoms with Gasteiger partial charge in [-0.2, -0.15) is 0 Å². The lowest BCUT2D eigenvalue weighted by Gasteiger charge is -2.15. The minimum Gasteiger partial charge on any atom is -0.494 e. The van der Waals surface area contributed by atoms with Gasteiger partial charge >= 0.3 is 5.97 Å². The predicted molar refractivity (Wildman–Crippen MR) is 98.6 cm³/mol. The summed E-state index contributed by atoms with van der Waals surface area (Å²) >= 11 is 0. The molecular formula is C19H20N2O6. The summed E-state index contributed by atoms with van der Waals surface area (Å²) in [5.41, 5.74) is 1.09. The van der Waals surface area contributed by atoms with Crippen molar-refractivity contribution in [2.24, 2.45) is 0 Å². The van der Waals surface area contributed by atoms with Crippen molar-refractivity contribution >= 4 is 23.3 Å². The molecule has 0 saturated heterocycles. The SMILES string of the molecule is COc1cc([N+](=O)[O-])ccc1NC(=O)[C@@H](C)OC(=O)CCc1ccccc1. The second-order valence-corrected chi connectivity index (χ2v) is 5.75. The van der Waals surface area contributed by atoms with Crippen LogP contribution in [0.1, 0.15) is 18.9 Å². The normalized spacial score (nSPS) is 11.3. The number of nitro groups is 1. The molecular weight excluding hydrogens is 352 g/mol. The van der Waals surface area contributed by atoms with Gasteiger partial charge in [-0.3, -0.25) is 19.7 Å². The topological polar surface area (TPSA) is 108 Å². The van der Waals surface area contributed by atoms with Crippen LogP contribution in [0.2, 0.25) is 0 Å². The summed E-state index contributed by atoms with van der Waals surface area (Å²) in [6.45, 7) is 1.45. The Morgan fingerprint density at radius 3 is 2.52 bits per heavy atom. The van der Waals surface area contributed by atoms with Crippen LogP contribution in [-0.2, 0) is 20.7 Å². The van der Waals surface area contributed by atoms with Gasteiger partial charge in [0.2, 0.25) is 0 Å². The van der Waals surface area contributed by atoms with Crippen LogP contribution in [0.25, 0.3) is 0 Å². The molecule has 0 unspecified atom stereocenters. The maximum Gasteiger partial charge on any atom is 0.306 e. The summed E-state index contributed by atoms with van der Waals surface area (Å²) in [4.78, 5) is 34.4. The number of benzene rings is 2. The van der Waals surface area contributed by atoms with E-state index in [9.17, 15) is 19.7 Å². The van der Waals surface area contributed by atoms with E-state index >= 15 is 0 Å². The quantitative estimate of drug-likeness (QED) is 0.433. The fourth-order valence-corrected chi connectivity index (χ4v) is 2.33. The van der Waals surface area contributed by atoms with Gasteiger partial charge in [0.15, 0.2) is 6.10 Å². The van der Waals surface area contributed by atoms with E-state index in [-0.39, 0.29) is 23.5 Å². The molecule has 1 amide bonds. The third-order valence-electron chi connectivity index (χ3n) is 3.79. The molecule has 2 rings (SSSR count). The molecule has 0 heterocycles. The van der Waals surface area contributed by atoms with E-state index in [4.69, 9.17) is 9.47 Å². The summed E-state index contributed by atoms with van der Waals surface area (Å²) in [5.74, 6) is -0.910. The molecule has 1 N–H and O–H groups in total. The van der Waals surface area contributed by atoms with Crippen molar-refractivity contribution in [3.63, 3.8) is 0 Å². The van der Waals surface area contributed by atoms with Gasteiger partial charge in [-0.1, -0.05) is 30.3 Å². The van der Waals surface area contributed by atoms with Gasteiger partial charge in [0.05, 0.1) is 23.8 Å². The van der Waals surface area contributed by atoms with Crippen molar-refractivity contribution in [1.82, 2.24) is 0 Å². The summed E-state index contributed by atoms with van der Waals surface area (Å²) in [6.07, 6.45) is -0.347. The molecule has 1 atom stereocenters. The maximum absolute atomic E-state index is 12.2. The van der Waals surface area contributed by atoms with E-state index in [1.165, 1.54) is 32.2 Å². The third-order valence-corrected chi connectivity index (χ3v) is 3.79. The van der Waals surface area contributed by atoms with Crippen molar-refractivity contribution in [1.29, 1.82) is 0 Å². The number of hydrogen-bond donors (Lipinski definition) is 1. The number of aryl methyl sites for hydroxylation is 1. The lowest BCUT2D eigenvalue weighted by Crippen LogP contribution is -2.30. The molecule has 0 bridgehead atoms. The summed E-state index contributed by atoms with van der Waals surface area (Å²) < 4.78 is 10.2. The average molecular weight is 372 g/mol. The van der Waals surface area contributed by atoms with Crippen LogP contribution >= 0.6 is 0 Å². The molecule has 0 fully saturated rings. The zero-order chi connectivity index (χ0) is 19.8. The lowest BCUT2D eigenvalue weighted by atomic mass is 10.1. The van der Waals surface area contributed by atoms with Gasteiger partial charge in [-0.05, 0) is 25.0 Å². The highest BCUT2D eigenvalue weighted by molar-refractivity contribution is 5.96. The Balaban J connectivity index is 1.91. The number of hydrogen-bond acceptors (Lipinski definition) is 6. The fourth-order valence-electron chi connectivity index (χ4n) is 2.33. The van der Waals surface area contributed by atoms with Crippen molar-refractivity contribution in [3.05, 3.63) is 64.2 Å². The second-order valence-electron chi connectivity index (χ2n) is 5.75. The monoisotopic (exact) mass is 372 g/mol. The van der Waals surface area contributed by atoms with Gasteiger partial charge < -0.3 is 14.8 Å². The average Bonchev–Trinajstić information content (AvgIpc) is 2.67. The number of rotatable bonds is 8. The van der Waals surface area contributed by atoms with E-state index in [0.29, 0.717) is 6.42 Å². The number of esters is 1. The van der Waals surface area contributed by atoms with Crippen LogP contribution < -0.4 is 10.1 Å². The number of nitrogens with one attached hydrogen (secondary N) is 1. The molecule has 0 aromatic heterocycles. The fraction of sp³-hybridized carbons (Fsp3) is 0.263. The Labute approximate surface area is 156 Å². The summed E-state index contributed by atoms with van der Waals surface area (Å²) in [5, 5.41) is 13.3. The second kappa shape index (κ2) is 9.33. The molecule has 0 saturated carbocycles. The Kier molecular flexibility index (Phi) is 6.87. The van der Waals surface area contributed by atoms with Crippen LogP contribution in [-0.4, -0.2) is 30.0 Å². The van der Waals surface area contributed by atoms with Gasteiger partial charge in [0, 0.05) is 12.5 Å². The summed E-state index contributed by atoms with van der Waals surface area (Å²) in [7, 11) is 1.34. The Bertz CT molecular complexity index is 822. The molecule has 142 valence electrons. The van der Waals surface area contributed by atoms with Crippen LogP contribution in [0.4, 0.5) is 11.4 Å². The molecule has 0 aliphatic carbocycles. The smallest absolute Gasteiger partial charge is 0.306 e. The molecule has 2 aromatic carbocycles. The number of carbonyl (C=O) groups excluding carboxylic acids is 2. The molecule has 2 aromatic rings. The molecule has 8 nitrogen and oxygen atoms in total. The zero-order valence-electron chi connectivity index (χ0n) is 15.0. The van der Waals surface area contributed by atoms with Crippen LogP contribution in [0.3, 0.4) is 0 Å². The number of ether oxygens (including phenoxy) is 2. The molecule has 0 radical (unpaired) electrons. The van der Waals surface area contributed by atoms with E-state index in [2.05, 4.69) is 5.32 Å². The number of nitrogens with zero attached hydrogens (tertiary/aromatic N) is 1. The first kappa shape index (κ1) is 19.9. The maximum atomic E-state index is 12.2. The molecule has 27 heavy (non-hydrogen) atoms. The van der Waals surface area contributed by atoms with Crippen molar-refractivity contribution < 1.29 is 24.0 Å². The molecule has 0 aliphatic rings. The molecule has 8 heteroatoms. The minimum absolute atomic E-state index is 0.139. The van der Waals surface area contributed by atoms with Crippen LogP contribution in [0.5, 0.6) is 5.75 Å². The van der Waals surface area contributed by atoms with Gasteiger partial charge in [-0.25, -0.2) is 0 Å². The first-order valence-corrected chi connectivity index (χ1v) is 8.27. The highest BCUT2D eigenvalue weighted by Gasteiger charge is 2.20. The van der Waals surface area contributed by atoms with Gasteiger partial charge in [0.25, 0.3) is 11.6 Å². The van der Waals surface area contributed by atoms with Crippen LogP contribution in [0.15, 0.2) is 48.5 Å².